The summed E-state index contributed by atoms with van der Waals surface area (Å²) in [5.41, 5.74) is 0.384. The second-order valence-corrected chi connectivity index (χ2v) is 7.22. The van der Waals surface area contributed by atoms with Crippen molar-refractivity contribution in [3.05, 3.63) is 54.1 Å². The molecule has 3 heterocycles. The number of halogens is 3. The van der Waals surface area contributed by atoms with Crippen molar-refractivity contribution in [2.24, 2.45) is 0 Å². The fourth-order valence-electron chi connectivity index (χ4n) is 3.60. The molecule has 1 aromatic heterocycles. The topological polar surface area (TPSA) is 94.1 Å². The molecule has 2 aliphatic heterocycles. The SMILES string of the molecule is O=C(c1ccc(OC(F)(F)F)cc1)N1CCOC2(C1)CN(C(=O)c1cnccn1)CCO2. The number of carbonyl (C=O) groups excluding carboxylic acids is 2. The lowest BCUT2D eigenvalue weighted by Crippen LogP contribution is -2.63. The van der Waals surface area contributed by atoms with Crippen LogP contribution < -0.4 is 4.74 Å². The van der Waals surface area contributed by atoms with Crippen molar-refractivity contribution in [3.63, 3.8) is 0 Å². The molecule has 2 aliphatic rings. The van der Waals surface area contributed by atoms with Crippen molar-refractivity contribution in [1.82, 2.24) is 19.8 Å². The number of benzene rings is 1. The van der Waals surface area contributed by atoms with Crippen molar-refractivity contribution < 1.29 is 37.0 Å². The minimum Gasteiger partial charge on any atom is -0.406 e. The third-order valence-electron chi connectivity index (χ3n) is 5.01. The van der Waals surface area contributed by atoms with Gasteiger partial charge in [-0.2, -0.15) is 0 Å². The van der Waals surface area contributed by atoms with Gasteiger partial charge in [-0.15, -0.1) is 13.2 Å². The molecule has 1 unspecified atom stereocenters. The van der Waals surface area contributed by atoms with E-state index in [0.717, 1.165) is 12.1 Å². The van der Waals surface area contributed by atoms with Gasteiger partial charge >= 0.3 is 6.36 Å². The molecule has 0 N–H and O–H groups in total. The molecule has 2 saturated heterocycles. The third kappa shape index (κ3) is 4.97. The first kappa shape index (κ1) is 22.0. The Morgan fingerprint density at radius 1 is 0.969 bits per heavy atom. The fourth-order valence-corrected chi connectivity index (χ4v) is 3.60. The number of aromatic nitrogens is 2. The second kappa shape index (κ2) is 8.71. The quantitative estimate of drug-likeness (QED) is 0.700. The summed E-state index contributed by atoms with van der Waals surface area (Å²) < 4.78 is 52.5. The molecule has 1 spiro atoms. The highest BCUT2D eigenvalue weighted by Crippen LogP contribution is 2.27. The van der Waals surface area contributed by atoms with Crippen molar-refractivity contribution in [3.8, 4) is 5.75 Å². The van der Waals surface area contributed by atoms with Crippen LogP contribution in [-0.4, -0.2) is 83.1 Å². The van der Waals surface area contributed by atoms with Crippen LogP contribution in [0.1, 0.15) is 20.8 Å². The van der Waals surface area contributed by atoms with Crippen molar-refractivity contribution in [2.45, 2.75) is 12.1 Å². The summed E-state index contributed by atoms with van der Waals surface area (Å²) in [7, 11) is 0. The Hall–Kier alpha value is -3.25. The maximum absolute atomic E-state index is 12.9. The van der Waals surface area contributed by atoms with E-state index in [2.05, 4.69) is 14.7 Å². The highest BCUT2D eigenvalue weighted by Gasteiger charge is 2.44. The summed E-state index contributed by atoms with van der Waals surface area (Å²) in [5.74, 6) is -2.34. The average Bonchev–Trinajstić information content (AvgIpc) is 2.78. The lowest BCUT2D eigenvalue weighted by molar-refractivity contribution is -0.282. The van der Waals surface area contributed by atoms with Crippen LogP contribution in [0.5, 0.6) is 5.75 Å². The molecule has 0 saturated carbocycles. The van der Waals surface area contributed by atoms with E-state index in [1.54, 1.807) is 0 Å². The second-order valence-electron chi connectivity index (χ2n) is 7.22. The summed E-state index contributed by atoms with van der Waals surface area (Å²) >= 11 is 0. The Kier molecular flexibility index (Phi) is 5.98. The number of carbonyl (C=O) groups is 2. The standard InChI is InChI=1S/C20H19F3N4O5/c21-20(22,23)32-15-3-1-14(2-4-15)17(28)26-7-9-30-19(12-26)13-27(8-10-31-19)18(29)16-11-24-5-6-25-16/h1-6,11H,7-10,12-13H2. The first-order valence-corrected chi connectivity index (χ1v) is 9.73. The highest BCUT2D eigenvalue weighted by atomic mass is 19.4. The van der Waals surface area contributed by atoms with Crippen LogP contribution in [0.25, 0.3) is 0 Å². The zero-order valence-electron chi connectivity index (χ0n) is 16.7. The van der Waals surface area contributed by atoms with E-state index >= 15 is 0 Å². The molecule has 2 aromatic rings. The first-order chi connectivity index (χ1) is 15.2. The predicted molar refractivity (Wildman–Crippen MR) is 102 cm³/mol. The molecule has 170 valence electrons. The van der Waals surface area contributed by atoms with Gasteiger partial charge in [-0.25, -0.2) is 4.98 Å². The fraction of sp³-hybridized carbons (Fsp3) is 0.400. The molecule has 0 radical (unpaired) electrons. The Morgan fingerprint density at radius 3 is 2.16 bits per heavy atom. The van der Waals surface area contributed by atoms with E-state index in [4.69, 9.17) is 9.47 Å². The van der Waals surface area contributed by atoms with Crippen LogP contribution in [-0.2, 0) is 9.47 Å². The molecular weight excluding hydrogens is 433 g/mol. The van der Waals surface area contributed by atoms with Gasteiger partial charge in [0.2, 0.25) is 5.79 Å². The van der Waals surface area contributed by atoms with E-state index in [1.807, 2.05) is 0 Å². The molecule has 9 nitrogen and oxygen atoms in total. The summed E-state index contributed by atoms with van der Waals surface area (Å²) in [6.45, 7) is 1.12. The smallest absolute Gasteiger partial charge is 0.406 e. The summed E-state index contributed by atoms with van der Waals surface area (Å²) in [5, 5.41) is 0. The molecular formula is C20H19F3N4O5. The van der Waals surface area contributed by atoms with Gasteiger partial charge in [-0.05, 0) is 24.3 Å². The van der Waals surface area contributed by atoms with Gasteiger partial charge in [0.1, 0.15) is 11.4 Å². The minimum absolute atomic E-state index is 0.0525. The van der Waals surface area contributed by atoms with Gasteiger partial charge < -0.3 is 24.0 Å². The molecule has 12 heteroatoms. The molecule has 0 aliphatic carbocycles. The molecule has 1 aromatic carbocycles. The number of hydrogen-bond acceptors (Lipinski definition) is 7. The zero-order valence-corrected chi connectivity index (χ0v) is 16.7. The molecule has 0 bridgehead atoms. The number of amides is 2. The third-order valence-corrected chi connectivity index (χ3v) is 5.01. The number of rotatable bonds is 3. The van der Waals surface area contributed by atoms with Gasteiger partial charge in [0.25, 0.3) is 11.8 Å². The summed E-state index contributed by atoms with van der Waals surface area (Å²) in [4.78, 5) is 36.6. The van der Waals surface area contributed by atoms with Crippen LogP contribution in [0.4, 0.5) is 13.2 Å². The highest BCUT2D eigenvalue weighted by molar-refractivity contribution is 5.94. The number of hydrogen-bond donors (Lipinski definition) is 0. The van der Waals surface area contributed by atoms with Gasteiger partial charge in [-0.1, -0.05) is 0 Å². The van der Waals surface area contributed by atoms with Crippen molar-refractivity contribution in [2.75, 3.05) is 39.4 Å². The minimum atomic E-state index is -4.81. The van der Waals surface area contributed by atoms with Crippen molar-refractivity contribution >= 4 is 11.8 Å². The Morgan fingerprint density at radius 2 is 1.59 bits per heavy atom. The maximum atomic E-state index is 12.9. The monoisotopic (exact) mass is 452 g/mol. The van der Waals surface area contributed by atoms with E-state index in [0.29, 0.717) is 6.54 Å². The Bertz CT molecular complexity index is 969. The van der Waals surface area contributed by atoms with Crippen LogP contribution in [0.3, 0.4) is 0 Å². The maximum Gasteiger partial charge on any atom is 0.573 e. The Labute approximate surface area is 180 Å². The van der Waals surface area contributed by atoms with Gasteiger partial charge in [-0.3, -0.25) is 14.6 Å². The van der Waals surface area contributed by atoms with Crippen LogP contribution in [0, 0.1) is 0 Å². The number of ether oxygens (including phenoxy) is 3. The largest absolute Gasteiger partial charge is 0.573 e. The van der Waals surface area contributed by atoms with Gasteiger partial charge in [0.15, 0.2) is 0 Å². The lowest BCUT2D eigenvalue weighted by Gasteiger charge is -2.47. The summed E-state index contributed by atoms with van der Waals surface area (Å²) in [6.07, 6.45) is -0.553. The van der Waals surface area contributed by atoms with Crippen molar-refractivity contribution in [1.29, 1.82) is 0 Å². The zero-order chi connectivity index (χ0) is 22.8. The lowest BCUT2D eigenvalue weighted by atomic mass is 10.1. The molecule has 2 amide bonds. The molecule has 1 atom stereocenters. The van der Waals surface area contributed by atoms with Crippen LogP contribution >= 0.6 is 0 Å². The number of alkyl halides is 3. The Balaban J connectivity index is 1.44. The normalized spacial score (nSPS) is 21.5. The molecule has 2 fully saturated rings. The van der Waals surface area contributed by atoms with E-state index in [1.165, 1.54) is 40.5 Å². The van der Waals surface area contributed by atoms with Gasteiger partial charge in [0.05, 0.1) is 32.5 Å². The van der Waals surface area contributed by atoms with E-state index < -0.39 is 23.8 Å². The van der Waals surface area contributed by atoms with Gasteiger partial charge in [0, 0.05) is 31.0 Å². The van der Waals surface area contributed by atoms with E-state index in [9.17, 15) is 22.8 Å². The number of morpholine rings is 2. The predicted octanol–water partition coefficient (Wildman–Crippen LogP) is 1.72. The first-order valence-electron chi connectivity index (χ1n) is 9.73. The summed E-state index contributed by atoms with van der Waals surface area (Å²) in [6, 6.07) is 4.68. The van der Waals surface area contributed by atoms with E-state index in [-0.39, 0.29) is 50.0 Å². The average molecular weight is 452 g/mol. The van der Waals surface area contributed by atoms with Crippen LogP contribution in [0.15, 0.2) is 42.9 Å². The number of nitrogens with zero attached hydrogens (tertiary/aromatic N) is 4. The molecule has 4 rings (SSSR count). The molecule has 32 heavy (non-hydrogen) atoms. The van der Waals surface area contributed by atoms with Crippen LogP contribution in [0.2, 0.25) is 0 Å².